The molecule has 1 aromatic heterocycles. The maximum atomic E-state index is 5.85. The van der Waals surface area contributed by atoms with Gasteiger partial charge in [-0.15, -0.1) is 0 Å². The second-order valence-corrected chi connectivity index (χ2v) is 6.46. The fourth-order valence-electron chi connectivity index (χ4n) is 2.50. The van der Waals surface area contributed by atoms with Gasteiger partial charge in [0, 0.05) is 5.92 Å². The van der Waals surface area contributed by atoms with Crippen molar-refractivity contribution < 1.29 is 14.0 Å². The van der Waals surface area contributed by atoms with Gasteiger partial charge in [-0.1, -0.05) is 49.3 Å². The number of nitrogens with zero attached hydrogens (tertiary/aromatic N) is 1. The van der Waals surface area contributed by atoms with Gasteiger partial charge in [-0.25, -0.2) is 0 Å². The minimum absolute atomic E-state index is 0.202. The normalized spacial score (nSPS) is 11.6. The topological polar surface area (TPSA) is 44.0 Å². The van der Waals surface area contributed by atoms with Crippen molar-refractivity contribution >= 4 is 5.71 Å². The van der Waals surface area contributed by atoms with Crippen molar-refractivity contribution in [3.63, 3.8) is 0 Å². The molecule has 0 fully saturated rings. The lowest BCUT2D eigenvalue weighted by Crippen LogP contribution is -2.09. The molecule has 4 nitrogen and oxygen atoms in total. The summed E-state index contributed by atoms with van der Waals surface area (Å²) in [5.74, 6) is 2.53. The summed E-state index contributed by atoms with van der Waals surface area (Å²) in [6.45, 7) is 6.48. The van der Waals surface area contributed by atoms with E-state index < -0.39 is 0 Å². The molecular weight excluding hydrogens is 326 g/mol. The van der Waals surface area contributed by atoms with E-state index in [0.29, 0.717) is 6.61 Å². The van der Waals surface area contributed by atoms with Crippen molar-refractivity contribution in [2.75, 3.05) is 0 Å². The minimum Gasteiger partial charge on any atom is -0.463 e. The van der Waals surface area contributed by atoms with Crippen LogP contribution in [-0.4, -0.2) is 5.71 Å². The highest BCUT2D eigenvalue weighted by Gasteiger charge is 2.13. The van der Waals surface area contributed by atoms with Crippen LogP contribution in [0.4, 0.5) is 0 Å². The van der Waals surface area contributed by atoms with Crippen LogP contribution >= 0.6 is 0 Å². The van der Waals surface area contributed by atoms with E-state index in [9.17, 15) is 0 Å². The lowest BCUT2D eigenvalue weighted by atomic mass is 10.1. The van der Waals surface area contributed by atoms with Gasteiger partial charge >= 0.3 is 0 Å². The third-order valence-electron chi connectivity index (χ3n) is 3.80. The van der Waals surface area contributed by atoms with E-state index in [0.717, 1.165) is 34.1 Å². The van der Waals surface area contributed by atoms with Gasteiger partial charge in [-0.05, 0) is 48.4 Å². The van der Waals surface area contributed by atoms with E-state index in [1.54, 1.807) is 6.26 Å². The van der Waals surface area contributed by atoms with Crippen LogP contribution in [-0.2, 0) is 11.4 Å². The monoisotopic (exact) mass is 349 g/mol. The Labute approximate surface area is 154 Å². The molecule has 4 heteroatoms. The van der Waals surface area contributed by atoms with E-state index in [2.05, 4.69) is 19.0 Å². The predicted octanol–water partition coefficient (Wildman–Crippen LogP) is 5.96. The van der Waals surface area contributed by atoms with Gasteiger partial charge in [0.1, 0.15) is 23.8 Å². The summed E-state index contributed by atoms with van der Waals surface area (Å²) in [6.07, 6.45) is 1.72. The molecule has 26 heavy (non-hydrogen) atoms. The Bertz CT molecular complexity index is 866. The third kappa shape index (κ3) is 4.76. The largest absolute Gasteiger partial charge is 0.463 e. The van der Waals surface area contributed by atoms with Crippen molar-refractivity contribution in [1.82, 2.24) is 0 Å². The number of para-hydroxylation sites is 1. The molecule has 0 radical (unpaired) electrons. The highest BCUT2D eigenvalue weighted by Crippen LogP contribution is 2.22. The molecule has 0 aliphatic heterocycles. The van der Waals surface area contributed by atoms with Crippen LogP contribution in [0.3, 0.4) is 0 Å². The Kier molecular flexibility index (Phi) is 5.74. The van der Waals surface area contributed by atoms with E-state index in [-0.39, 0.29) is 5.92 Å². The number of hydrogen-bond acceptors (Lipinski definition) is 4. The Balaban J connectivity index is 1.66. The van der Waals surface area contributed by atoms with Gasteiger partial charge in [-0.2, -0.15) is 0 Å². The van der Waals surface area contributed by atoms with E-state index in [1.165, 1.54) is 0 Å². The zero-order chi connectivity index (χ0) is 18.4. The number of hydrogen-bond donors (Lipinski definition) is 0. The van der Waals surface area contributed by atoms with Crippen LogP contribution in [0.2, 0.25) is 0 Å². The lowest BCUT2D eigenvalue weighted by Gasteiger charge is -2.09. The molecule has 0 atom stereocenters. The van der Waals surface area contributed by atoms with Crippen molar-refractivity contribution in [3.8, 4) is 11.5 Å². The Hall–Kier alpha value is -3.01. The van der Waals surface area contributed by atoms with Crippen molar-refractivity contribution in [3.05, 3.63) is 83.8 Å². The van der Waals surface area contributed by atoms with Crippen LogP contribution in [0.5, 0.6) is 11.5 Å². The van der Waals surface area contributed by atoms with Crippen LogP contribution in [0, 0.1) is 12.8 Å². The summed E-state index contributed by atoms with van der Waals surface area (Å²) < 4.78 is 11.4. The molecule has 0 N–H and O–H groups in total. The molecular formula is C22H23NO3. The molecule has 3 rings (SSSR count). The molecule has 0 bridgehead atoms. The molecule has 1 heterocycles. The number of oxime groups is 1. The molecule has 134 valence electrons. The highest BCUT2D eigenvalue weighted by atomic mass is 16.6. The molecule has 0 saturated heterocycles. The first-order valence-electron chi connectivity index (χ1n) is 8.69. The molecule has 0 aliphatic rings. The molecule has 3 aromatic rings. The number of aryl methyl sites for hydroxylation is 1. The van der Waals surface area contributed by atoms with Gasteiger partial charge in [-0.3, -0.25) is 0 Å². The zero-order valence-electron chi connectivity index (χ0n) is 15.3. The molecule has 0 amide bonds. The molecule has 2 aromatic carbocycles. The first kappa shape index (κ1) is 17.8. The number of furan rings is 1. The number of benzene rings is 2. The summed E-state index contributed by atoms with van der Waals surface area (Å²) in [4.78, 5) is 5.58. The average Bonchev–Trinajstić information content (AvgIpc) is 3.05. The zero-order valence-corrected chi connectivity index (χ0v) is 15.3. The minimum atomic E-state index is 0.202. The van der Waals surface area contributed by atoms with Crippen LogP contribution in [0.1, 0.15) is 30.7 Å². The van der Waals surface area contributed by atoms with Gasteiger partial charge in [0.15, 0.2) is 5.76 Å². The van der Waals surface area contributed by atoms with Crippen LogP contribution in [0.25, 0.3) is 0 Å². The standard InChI is InChI=1S/C22H23NO3/c1-16(2)22(21-12-17(3)14-24-21)23-25-15-18-8-7-11-20(13-18)26-19-9-5-4-6-10-19/h4-14,16H,15H2,1-3H3/b23-22+. The Morgan fingerprint density at radius 1 is 1.00 bits per heavy atom. The van der Waals surface area contributed by atoms with Crippen LogP contribution < -0.4 is 4.74 Å². The number of ether oxygens (including phenoxy) is 1. The van der Waals surface area contributed by atoms with E-state index in [4.69, 9.17) is 14.0 Å². The molecule has 0 aliphatic carbocycles. The van der Waals surface area contributed by atoms with Gasteiger partial charge < -0.3 is 14.0 Å². The lowest BCUT2D eigenvalue weighted by molar-refractivity contribution is 0.129. The van der Waals surface area contributed by atoms with Gasteiger partial charge in [0.25, 0.3) is 0 Å². The maximum absolute atomic E-state index is 5.85. The Morgan fingerprint density at radius 3 is 2.46 bits per heavy atom. The number of rotatable bonds is 7. The van der Waals surface area contributed by atoms with Crippen molar-refractivity contribution in [2.24, 2.45) is 11.1 Å². The predicted molar refractivity (Wildman–Crippen MR) is 103 cm³/mol. The first-order valence-corrected chi connectivity index (χ1v) is 8.69. The summed E-state index contributed by atoms with van der Waals surface area (Å²) in [5, 5.41) is 4.30. The maximum Gasteiger partial charge on any atom is 0.151 e. The molecule has 0 saturated carbocycles. The van der Waals surface area contributed by atoms with Crippen molar-refractivity contribution in [1.29, 1.82) is 0 Å². The quantitative estimate of drug-likeness (QED) is 0.390. The highest BCUT2D eigenvalue weighted by molar-refractivity contribution is 5.99. The second-order valence-electron chi connectivity index (χ2n) is 6.46. The Morgan fingerprint density at radius 2 is 1.77 bits per heavy atom. The summed E-state index contributed by atoms with van der Waals surface area (Å²) >= 11 is 0. The fraction of sp³-hybridized carbons (Fsp3) is 0.227. The molecule has 0 unspecified atom stereocenters. The molecule has 0 spiro atoms. The summed E-state index contributed by atoms with van der Waals surface area (Å²) in [5.41, 5.74) is 2.86. The smallest absolute Gasteiger partial charge is 0.151 e. The average molecular weight is 349 g/mol. The third-order valence-corrected chi connectivity index (χ3v) is 3.80. The SMILES string of the molecule is Cc1coc(/C(=N/OCc2cccc(Oc3ccccc3)c2)C(C)C)c1. The van der Waals surface area contributed by atoms with Crippen molar-refractivity contribution in [2.45, 2.75) is 27.4 Å². The second kappa shape index (κ2) is 8.39. The van der Waals surface area contributed by atoms with Crippen LogP contribution in [0.15, 0.2) is 76.5 Å². The fourth-order valence-corrected chi connectivity index (χ4v) is 2.50. The summed E-state index contributed by atoms with van der Waals surface area (Å²) in [6, 6.07) is 19.5. The van der Waals surface area contributed by atoms with E-state index in [1.807, 2.05) is 67.6 Å². The van der Waals surface area contributed by atoms with E-state index >= 15 is 0 Å². The van der Waals surface area contributed by atoms with Gasteiger partial charge in [0.05, 0.1) is 6.26 Å². The van der Waals surface area contributed by atoms with Gasteiger partial charge in [0.2, 0.25) is 0 Å². The summed E-state index contributed by atoms with van der Waals surface area (Å²) in [7, 11) is 0. The first-order chi connectivity index (χ1) is 12.6.